The van der Waals surface area contributed by atoms with Gasteiger partial charge in [-0.15, -0.1) is 12.8 Å². The molecular formula is C9H12O4S2. The molecule has 0 atom stereocenters. The molecule has 0 N–H and O–H groups in total. The molecule has 15 heavy (non-hydrogen) atoms. The molecule has 4 nitrogen and oxygen atoms in total. The minimum atomic E-state index is -3.32. The van der Waals surface area contributed by atoms with Gasteiger partial charge < -0.3 is 0 Å². The molecule has 6 heteroatoms. The highest BCUT2D eigenvalue weighted by molar-refractivity contribution is 7.92. The van der Waals surface area contributed by atoms with Crippen LogP contribution in [0, 0.1) is 24.7 Å². The van der Waals surface area contributed by atoms with Crippen LogP contribution < -0.4 is 0 Å². The third-order valence-electron chi connectivity index (χ3n) is 1.52. The molecule has 0 spiro atoms. The first kappa shape index (κ1) is 14.0. The summed E-state index contributed by atoms with van der Waals surface area (Å²) in [5.74, 6) is 2.86. The van der Waals surface area contributed by atoms with Crippen molar-refractivity contribution in [3.63, 3.8) is 0 Å². The quantitative estimate of drug-likeness (QED) is 0.593. The van der Waals surface area contributed by atoms with Crippen molar-refractivity contribution in [1.29, 1.82) is 0 Å². The van der Waals surface area contributed by atoms with Crippen LogP contribution in [0.25, 0.3) is 0 Å². The van der Waals surface area contributed by atoms with Crippen molar-refractivity contribution < 1.29 is 16.8 Å². The Morgan fingerprint density at radius 2 is 1.13 bits per heavy atom. The first-order chi connectivity index (χ1) is 6.83. The van der Waals surface area contributed by atoms with E-state index in [1.165, 1.54) is 0 Å². The van der Waals surface area contributed by atoms with E-state index in [-0.39, 0.29) is 29.4 Å². The van der Waals surface area contributed by atoms with E-state index in [1.54, 1.807) is 0 Å². The van der Waals surface area contributed by atoms with Gasteiger partial charge in [0.2, 0.25) is 0 Å². The van der Waals surface area contributed by atoms with Crippen molar-refractivity contribution in [2.45, 2.75) is 6.42 Å². The number of hydrogen-bond donors (Lipinski definition) is 0. The van der Waals surface area contributed by atoms with Gasteiger partial charge in [0.1, 0.15) is 11.5 Å². The maximum absolute atomic E-state index is 11.1. The van der Waals surface area contributed by atoms with Crippen molar-refractivity contribution in [3.8, 4) is 24.7 Å². The fourth-order valence-corrected chi connectivity index (χ4v) is 3.04. The molecule has 0 aliphatic carbocycles. The lowest BCUT2D eigenvalue weighted by atomic mass is 10.6. The van der Waals surface area contributed by atoms with Gasteiger partial charge in [0.15, 0.2) is 19.7 Å². The molecule has 0 aromatic heterocycles. The lowest BCUT2D eigenvalue weighted by molar-refractivity contribution is 0.593. The van der Waals surface area contributed by atoms with Gasteiger partial charge in [-0.3, -0.25) is 0 Å². The van der Waals surface area contributed by atoms with Crippen LogP contribution in [-0.4, -0.2) is 39.8 Å². The lowest BCUT2D eigenvalue weighted by Crippen LogP contribution is -2.16. The molecular weight excluding hydrogens is 236 g/mol. The summed E-state index contributed by atoms with van der Waals surface area (Å²) in [6.45, 7) is 0. The van der Waals surface area contributed by atoms with Gasteiger partial charge in [0.25, 0.3) is 0 Å². The average molecular weight is 248 g/mol. The molecule has 0 bridgehead atoms. The molecule has 0 aromatic rings. The van der Waals surface area contributed by atoms with Crippen LogP contribution in [0.1, 0.15) is 6.42 Å². The Labute approximate surface area is 90.9 Å². The normalized spacial score (nSPS) is 11.6. The van der Waals surface area contributed by atoms with Gasteiger partial charge in [-0.1, -0.05) is 11.8 Å². The SMILES string of the molecule is C#CCS(=O)(=O)CCCS(=O)(=O)CC#C. The van der Waals surface area contributed by atoms with E-state index in [0.717, 1.165) is 0 Å². The molecule has 0 radical (unpaired) electrons. The van der Waals surface area contributed by atoms with Crippen molar-refractivity contribution >= 4 is 19.7 Å². The molecule has 0 heterocycles. The standard InChI is InChI=1S/C9H12O4S2/c1-3-6-14(10,11)8-5-9-15(12,13)7-4-2/h1-2H,5-9H2. The highest BCUT2D eigenvalue weighted by atomic mass is 32.2. The Bertz CT molecular complexity index is 425. The van der Waals surface area contributed by atoms with E-state index in [4.69, 9.17) is 12.8 Å². The lowest BCUT2D eigenvalue weighted by Gasteiger charge is -2.00. The van der Waals surface area contributed by atoms with E-state index >= 15 is 0 Å². The molecule has 0 saturated carbocycles. The van der Waals surface area contributed by atoms with Crippen LogP contribution in [0.15, 0.2) is 0 Å². The Kier molecular flexibility index (Phi) is 5.41. The van der Waals surface area contributed by atoms with E-state index < -0.39 is 19.7 Å². The predicted molar refractivity (Wildman–Crippen MR) is 59.6 cm³/mol. The van der Waals surface area contributed by atoms with Crippen molar-refractivity contribution in [3.05, 3.63) is 0 Å². The van der Waals surface area contributed by atoms with Crippen LogP contribution >= 0.6 is 0 Å². The summed E-state index contributed by atoms with van der Waals surface area (Å²) in [4.78, 5) is 0. The smallest absolute Gasteiger partial charge is 0.161 e. The van der Waals surface area contributed by atoms with E-state index in [1.807, 2.05) is 11.8 Å². The third kappa shape index (κ3) is 7.01. The fourth-order valence-electron chi connectivity index (χ4n) is 0.897. The van der Waals surface area contributed by atoms with Gasteiger partial charge in [-0.2, -0.15) is 0 Å². The molecule has 0 amide bonds. The topological polar surface area (TPSA) is 68.3 Å². The summed E-state index contributed by atoms with van der Waals surface area (Å²) in [6.07, 6.45) is 9.73. The van der Waals surface area contributed by atoms with Gasteiger partial charge in [-0.25, -0.2) is 16.8 Å². The number of rotatable bonds is 6. The van der Waals surface area contributed by atoms with Crippen molar-refractivity contribution in [1.82, 2.24) is 0 Å². The van der Waals surface area contributed by atoms with Crippen LogP contribution in [0.2, 0.25) is 0 Å². The van der Waals surface area contributed by atoms with E-state index in [9.17, 15) is 16.8 Å². The molecule has 0 rings (SSSR count). The van der Waals surface area contributed by atoms with Crippen LogP contribution in [0.3, 0.4) is 0 Å². The fraction of sp³-hybridized carbons (Fsp3) is 0.556. The highest BCUT2D eigenvalue weighted by Gasteiger charge is 2.13. The summed E-state index contributed by atoms with van der Waals surface area (Å²) < 4.78 is 44.4. The van der Waals surface area contributed by atoms with E-state index in [2.05, 4.69) is 0 Å². The molecule has 84 valence electrons. The monoisotopic (exact) mass is 248 g/mol. The van der Waals surface area contributed by atoms with Crippen molar-refractivity contribution in [2.75, 3.05) is 23.0 Å². The second-order valence-corrected chi connectivity index (χ2v) is 7.31. The zero-order valence-electron chi connectivity index (χ0n) is 8.14. The maximum Gasteiger partial charge on any atom is 0.161 e. The van der Waals surface area contributed by atoms with Gasteiger partial charge >= 0.3 is 0 Å². The number of terminal acetylenes is 2. The van der Waals surface area contributed by atoms with E-state index in [0.29, 0.717) is 0 Å². The third-order valence-corrected chi connectivity index (χ3v) is 4.55. The Morgan fingerprint density at radius 3 is 1.40 bits per heavy atom. The predicted octanol–water partition coefficient (Wildman–Crippen LogP) is -0.527. The first-order valence-corrected chi connectivity index (χ1v) is 7.75. The van der Waals surface area contributed by atoms with Crippen molar-refractivity contribution in [2.24, 2.45) is 0 Å². The molecule has 0 fully saturated rings. The van der Waals surface area contributed by atoms with Crippen LogP contribution in [0.5, 0.6) is 0 Å². The van der Waals surface area contributed by atoms with Crippen LogP contribution in [0.4, 0.5) is 0 Å². The largest absolute Gasteiger partial charge is 0.228 e. The maximum atomic E-state index is 11.1. The zero-order chi connectivity index (χ0) is 11.9. The minimum Gasteiger partial charge on any atom is -0.228 e. The van der Waals surface area contributed by atoms with Gasteiger partial charge in [-0.05, 0) is 6.42 Å². The summed E-state index contributed by atoms with van der Waals surface area (Å²) in [5.41, 5.74) is 0. The average Bonchev–Trinajstić information content (AvgIpc) is 2.02. The number of sulfone groups is 2. The van der Waals surface area contributed by atoms with Gasteiger partial charge in [0, 0.05) is 0 Å². The molecule has 0 aromatic carbocycles. The first-order valence-electron chi connectivity index (χ1n) is 4.11. The molecule has 0 saturated heterocycles. The summed E-state index contributed by atoms with van der Waals surface area (Å²) in [6, 6.07) is 0. The Balaban J connectivity index is 4.14. The number of hydrogen-bond acceptors (Lipinski definition) is 4. The molecule has 0 aliphatic heterocycles. The summed E-state index contributed by atoms with van der Waals surface area (Å²) >= 11 is 0. The van der Waals surface area contributed by atoms with Crippen LogP contribution in [-0.2, 0) is 19.7 Å². The Hall–Kier alpha value is -0.980. The molecule has 0 unspecified atom stereocenters. The minimum absolute atomic E-state index is 0.0357. The second-order valence-electron chi connectivity index (χ2n) is 2.95. The second kappa shape index (κ2) is 5.79. The van der Waals surface area contributed by atoms with Gasteiger partial charge in [0.05, 0.1) is 11.5 Å². The summed E-state index contributed by atoms with van der Waals surface area (Å²) in [5, 5.41) is 0. The zero-order valence-corrected chi connectivity index (χ0v) is 9.77. The summed E-state index contributed by atoms with van der Waals surface area (Å²) in [7, 11) is -6.64. The highest BCUT2D eigenvalue weighted by Crippen LogP contribution is 1.98. The Morgan fingerprint density at radius 1 is 0.800 bits per heavy atom. The molecule has 0 aliphatic rings.